The van der Waals surface area contributed by atoms with Gasteiger partial charge in [0.25, 0.3) is 5.91 Å². The second-order valence-electron chi connectivity index (χ2n) is 3.89. The molecule has 0 bridgehead atoms. The Labute approximate surface area is 119 Å². The lowest BCUT2D eigenvalue weighted by Crippen LogP contribution is -2.15. The summed E-state index contributed by atoms with van der Waals surface area (Å²) < 4.78 is 18.6. The molecule has 1 aromatic heterocycles. The maximum atomic E-state index is 13.6. The Morgan fingerprint density at radius 1 is 1.45 bits per heavy atom. The van der Waals surface area contributed by atoms with E-state index in [9.17, 15) is 9.18 Å². The summed E-state index contributed by atoms with van der Waals surface area (Å²) in [6.07, 6.45) is 1.26. The summed E-state index contributed by atoms with van der Waals surface area (Å²) in [5, 5.41) is 2.53. The normalized spacial score (nSPS) is 10.2. The lowest BCUT2D eigenvalue weighted by atomic mass is 10.2. The van der Waals surface area contributed by atoms with E-state index in [1.54, 1.807) is 0 Å². The first-order chi connectivity index (χ1) is 9.51. The van der Waals surface area contributed by atoms with Gasteiger partial charge in [0.05, 0.1) is 30.2 Å². The fourth-order valence-corrected chi connectivity index (χ4v) is 1.71. The average molecular weight is 296 g/mol. The minimum atomic E-state index is -0.585. The van der Waals surface area contributed by atoms with E-state index in [1.165, 1.54) is 37.6 Å². The molecule has 0 saturated heterocycles. The largest absolute Gasteiger partial charge is 0.497 e. The van der Waals surface area contributed by atoms with Gasteiger partial charge in [-0.2, -0.15) is 0 Å². The summed E-state index contributed by atoms with van der Waals surface area (Å²) in [5.41, 5.74) is 5.89. The molecule has 0 unspecified atom stereocenters. The molecule has 0 aliphatic carbocycles. The molecule has 0 radical (unpaired) electrons. The van der Waals surface area contributed by atoms with Crippen LogP contribution in [0.5, 0.6) is 5.75 Å². The van der Waals surface area contributed by atoms with Crippen molar-refractivity contribution >= 4 is 28.9 Å². The number of rotatable bonds is 3. The number of hydrogen-bond donors (Lipinski definition) is 2. The molecule has 7 heteroatoms. The summed E-state index contributed by atoms with van der Waals surface area (Å²) in [5.74, 6) is -0.751. The van der Waals surface area contributed by atoms with Gasteiger partial charge in [-0.1, -0.05) is 11.6 Å². The number of aromatic nitrogens is 1. The average Bonchev–Trinajstić information content (AvgIpc) is 2.43. The summed E-state index contributed by atoms with van der Waals surface area (Å²) in [7, 11) is 1.44. The van der Waals surface area contributed by atoms with Crippen LogP contribution >= 0.6 is 11.6 Å². The minimum Gasteiger partial charge on any atom is -0.497 e. The summed E-state index contributed by atoms with van der Waals surface area (Å²) in [4.78, 5) is 15.8. The molecule has 0 atom stereocenters. The molecule has 104 valence electrons. The Kier molecular flexibility index (Phi) is 4.05. The molecular weight excluding hydrogens is 285 g/mol. The fourth-order valence-electron chi connectivity index (χ4n) is 1.55. The number of nitrogens with zero attached hydrogens (tertiary/aromatic N) is 1. The third-order valence-electron chi connectivity index (χ3n) is 2.57. The van der Waals surface area contributed by atoms with Crippen LogP contribution in [0.15, 0.2) is 30.5 Å². The lowest BCUT2D eigenvalue weighted by molar-refractivity contribution is 0.102. The van der Waals surface area contributed by atoms with Gasteiger partial charge in [0.15, 0.2) is 0 Å². The fraction of sp³-hybridized carbons (Fsp3) is 0.0769. The molecule has 2 rings (SSSR count). The van der Waals surface area contributed by atoms with Crippen LogP contribution in [0.25, 0.3) is 0 Å². The monoisotopic (exact) mass is 295 g/mol. The first-order valence-electron chi connectivity index (χ1n) is 5.57. The van der Waals surface area contributed by atoms with Crippen LogP contribution in [-0.2, 0) is 0 Å². The first kappa shape index (κ1) is 14.1. The maximum absolute atomic E-state index is 13.6. The van der Waals surface area contributed by atoms with Crippen LogP contribution in [0, 0.1) is 5.82 Å². The van der Waals surface area contributed by atoms with Gasteiger partial charge in [0, 0.05) is 6.07 Å². The highest BCUT2D eigenvalue weighted by Gasteiger charge is 2.14. The van der Waals surface area contributed by atoms with E-state index in [0.29, 0.717) is 5.75 Å². The predicted octanol–water partition coefficient (Wildman–Crippen LogP) is 2.72. The zero-order valence-electron chi connectivity index (χ0n) is 10.5. The van der Waals surface area contributed by atoms with Crippen molar-refractivity contribution < 1.29 is 13.9 Å². The lowest BCUT2D eigenvalue weighted by Gasteiger charge is -2.09. The molecular formula is C13H11ClFN3O2. The van der Waals surface area contributed by atoms with Crippen LogP contribution in [-0.4, -0.2) is 18.0 Å². The number of nitrogens with two attached hydrogens (primary N) is 1. The van der Waals surface area contributed by atoms with Crippen molar-refractivity contribution in [2.45, 2.75) is 0 Å². The summed E-state index contributed by atoms with van der Waals surface area (Å²) in [6, 6.07) is 5.32. The van der Waals surface area contributed by atoms with Crippen LogP contribution < -0.4 is 15.8 Å². The SMILES string of the molecule is COc1ccc(F)c(NC(=O)c2cc(Cl)ncc2N)c1. The van der Waals surface area contributed by atoms with E-state index >= 15 is 0 Å². The molecule has 0 aliphatic rings. The first-order valence-corrected chi connectivity index (χ1v) is 5.95. The van der Waals surface area contributed by atoms with Gasteiger partial charge in [0.2, 0.25) is 0 Å². The Morgan fingerprint density at radius 2 is 2.20 bits per heavy atom. The number of hydrogen-bond acceptors (Lipinski definition) is 4. The van der Waals surface area contributed by atoms with Gasteiger partial charge >= 0.3 is 0 Å². The molecule has 20 heavy (non-hydrogen) atoms. The number of halogens is 2. The molecule has 1 amide bonds. The second kappa shape index (κ2) is 5.75. The van der Waals surface area contributed by atoms with Crippen LogP contribution in [0.2, 0.25) is 5.15 Å². The van der Waals surface area contributed by atoms with Gasteiger partial charge < -0.3 is 15.8 Å². The van der Waals surface area contributed by atoms with Gasteiger partial charge in [-0.05, 0) is 18.2 Å². The van der Waals surface area contributed by atoms with Gasteiger partial charge in [-0.25, -0.2) is 9.37 Å². The smallest absolute Gasteiger partial charge is 0.258 e. The van der Waals surface area contributed by atoms with Gasteiger partial charge in [-0.15, -0.1) is 0 Å². The summed E-state index contributed by atoms with van der Waals surface area (Å²) in [6.45, 7) is 0. The van der Waals surface area contributed by atoms with E-state index in [4.69, 9.17) is 22.1 Å². The topological polar surface area (TPSA) is 77.2 Å². The highest BCUT2D eigenvalue weighted by atomic mass is 35.5. The van der Waals surface area contributed by atoms with Crippen molar-refractivity contribution in [3.63, 3.8) is 0 Å². The number of nitrogen functional groups attached to an aromatic ring is 1. The number of ether oxygens (including phenoxy) is 1. The molecule has 0 fully saturated rings. The Hall–Kier alpha value is -2.34. The van der Waals surface area contributed by atoms with Crippen molar-refractivity contribution in [1.29, 1.82) is 0 Å². The van der Waals surface area contributed by atoms with E-state index in [2.05, 4.69) is 10.3 Å². The van der Waals surface area contributed by atoms with Crippen molar-refractivity contribution in [2.24, 2.45) is 0 Å². The number of nitrogens with one attached hydrogen (secondary N) is 1. The standard InChI is InChI=1S/C13H11ClFN3O2/c1-20-7-2-3-9(15)11(4-7)18-13(19)8-5-12(14)17-6-10(8)16/h2-6H,16H2,1H3,(H,18,19). The quantitative estimate of drug-likeness (QED) is 0.854. The van der Waals surface area contributed by atoms with Crippen molar-refractivity contribution in [3.05, 3.63) is 47.0 Å². The highest BCUT2D eigenvalue weighted by molar-refractivity contribution is 6.30. The van der Waals surface area contributed by atoms with Crippen LogP contribution in [0.4, 0.5) is 15.8 Å². The number of anilines is 2. The van der Waals surface area contributed by atoms with E-state index in [0.717, 1.165) is 0 Å². The minimum absolute atomic E-state index is 0.0123. The van der Waals surface area contributed by atoms with E-state index in [-0.39, 0.29) is 22.1 Å². The Bertz CT molecular complexity index is 664. The number of pyridine rings is 1. The molecule has 3 N–H and O–H groups in total. The Balaban J connectivity index is 2.30. The van der Waals surface area contributed by atoms with Crippen molar-refractivity contribution in [2.75, 3.05) is 18.2 Å². The molecule has 0 aliphatic heterocycles. The third kappa shape index (κ3) is 2.97. The third-order valence-corrected chi connectivity index (χ3v) is 2.77. The van der Waals surface area contributed by atoms with Crippen molar-refractivity contribution in [1.82, 2.24) is 4.98 Å². The molecule has 2 aromatic rings. The van der Waals surface area contributed by atoms with E-state index in [1.807, 2.05) is 0 Å². The molecule has 1 heterocycles. The number of benzene rings is 1. The Morgan fingerprint density at radius 3 is 2.90 bits per heavy atom. The maximum Gasteiger partial charge on any atom is 0.258 e. The summed E-state index contributed by atoms with van der Waals surface area (Å²) >= 11 is 5.70. The van der Waals surface area contributed by atoms with Gasteiger partial charge in [-0.3, -0.25) is 4.79 Å². The number of amides is 1. The van der Waals surface area contributed by atoms with E-state index < -0.39 is 11.7 Å². The molecule has 5 nitrogen and oxygen atoms in total. The highest BCUT2D eigenvalue weighted by Crippen LogP contribution is 2.23. The van der Waals surface area contributed by atoms with Crippen molar-refractivity contribution in [3.8, 4) is 5.75 Å². The number of carbonyl (C=O) groups is 1. The number of carbonyl (C=O) groups excluding carboxylic acids is 1. The second-order valence-corrected chi connectivity index (χ2v) is 4.28. The predicted molar refractivity (Wildman–Crippen MR) is 74.6 cm³/mol. The van der Waals surface area contributed by atoms with Crippen LogP contribution in [0.3, 0.4) is 0 Å². The number of methoxy groups -OCH3 is 1. The zero-order chi connectivity index (χ0) is 14.7. The molecule has 1 aromatic carbocycles. The van der Waals surface area contributed by atoms with Gasteiger partial charge in [0.1, 0.15) is 16.7 Å². The van der Waals surface area contributed by atoms with Crippen LogP contribution in [0.1, 0.15) is 10.4 Å². The zero-order valence-corrected chi connectivity index (χ0v) is 11.2. The molecule has 0 saturated carbocycles. The molecule has 0 spiro atoms.